The third-order valence-electron chi connectivity index (χ3n) is 1.91. The number of carbonyl (C=O) groups is 2. The van der Waals surface area contributed by atoms with Gasteiger partial charge in [-0.1, -0.05) is 38.2 Å². The maximum Gasteiger partial charge on any atom is 0.310 e. The summed E-state index contributed by atoms with van der Waals surface area (Å²) < 4.78 is 0. The monoisotopic (exact) mass is 226 g/mol. The van der Waals surface area contributed by atoms with Gasteiger partial charge in [-0.2, -0.15) is 0 Å². The summed E-state index contributed by atoms with van der Waals surface area (Å²) >= 11 is 0. The highest BCUT2D eigenvalue weighted by molar-refractivity contribution is 5.79. The van der Waals surface area contributed by atoms with Gasteiger partial charge in [0.05, 0.1) is 12.3 Å². The Labute approximate surface area is 95.3 Å². The Morgan fingerprint density at radius 2 is 1.81 bits per heavy atom. The molecule has 0 aliphatic carbocycles. The van der Waals surface area contributed by atoms with Gasteiger partial charge in [-0.3, -0.25) is 9.59 Å². The lowest BCUT2D eigenvalue weighted by atomic mass is 10.1. The molecule has 0 heterocycles. The highest BCUT2D eigenvalue weighted by Crippen LogP contribution is 2.06. The summed E-state index contributed by atoms with van der Waals surface area (Å²) in [5.74, 6) is -2.63. The number of hydrogen-bond donors (Lipinski definition) is 2. The molecule has 0 fully saturated rings. The average molecular weight is 226 g/mol. The standard InChI is InChI=1S/C12H18O4/c1-9(2)6-4-3-5-7-10(12(15)16)8-11(13)14/h3-5,7,9-10H,6,8H2,1-2H3,(H,13,14)(H,15,16). The molecule has 1 unspecified atom stereocenters. The first kappa shape index (κ1) is 14.4. The molecule has 4 nitrogen and oxygen atoms in total. The van der Waals surface area contributed by atoms with Crippen molar-refractivity contribution in [1.82, 2.24) is 0 Å². The molecule has 0 spiro atoms. The molecule has 0 aromatic rings. The Bertz CT molecular complexity index is 289. The Morgan fingerprint density at radius 1 is 1.19 bits per heavy atom. The topological polar surface area (TPSA) is 74.6 Å². The third kappa shape index (κ3) is 7.79. The van der Waals surface area contributed by atoms with E-state index < -0.39 is 17.9 Å². The van der Waals surface area contributed by atoms with Gasteiger partial charge in [0.1, 0.15) is 0 Å². The minimum Gasteiger partial charge on any atom is -0.481 e. The molecule has 0 bridgehead atoms. The molecule has 0 saturated heterocycles. The van der Waals surface area contributed by atoms with Crippen LogP contribution in [0.4, 0.5) is 0 Å². The number of carboxylic acids is 2. The fourth-order valence-electron chi connectivity index (χ4n) is 1.05. The Morgan fingerprint density at radius 3 is 2.25 bits per heavy atom. The van der Waals surface area contributed by atoms with Crippen molar-refractivity contribution in [3.8, 4) is 0 Å². The summed E-state index contributed by atoms with van der Waals surface area (Å²) in [4.78, 5) is 21.0. The largest absolute Gasteiger partial charge is 0.481 e. The van der Waals surface area contributed by atoms with Crippen molar-refractivity contribution in [2.75, 3.05) is 0 Å². The zero-order valence-electron chi connectivity index (χ0n) is 9.59. The normalized spacial score (nSPS) is 13.7. The van der Waals surface area contributed by atoms with Gasteiger partial charge in [-0.05, 0) is 12.3 Å². The predicted molar refractivity (Wildman–Crippen MR) is 61.1 cm³/mol. The highest BCUT2D eigenvalue weighted by atomic mass is 16.4. The van der Waals surface area contributed by atoms with Crippen LogP contribution in [0.3, 0.4) is 0 Å². The van der Waals surface area contributed by atoms with E-state index in [4.69, 9.17) is 10.2 Å². The van der Waals surface area contributed by atoms with Gasteiger partial charge in [0.15, 0.2) is 0 Å². The number of hydrogen-bond acceptors (Lipinski definition) is 2. The highest BCUT2D eigenvalue weighted by Gasteiger charge is 2.16. The Hall–Kier alpha value is -1.58. The van der Waals surface area contributed by atoms with Gasteiger partial charge in [0.25, 0.3) is 0 Å². The molecule has 0 aliphatic heterocycles. The van der Waals surface area contributed by atoms with Gasteiger partial charge in [0.2, 0.25) is 0 Å². The van der Waals surface area contributed by atoms with Crippen LogP contribution < -0.4 is 0 Å². The zero-order valence-corrected chi connectivity index (χ0v) is 9.59. The van der Waals surface area contributed by atoms with E-state index in [2.05, 4.69) is 13.8 Å². The lowest BCUT2D eigenvalue weighted by molar-refractivity contribution is -0.146. The van der Waals surface area contributed by atoms with E-state index in [0.717, 1.165) is 6.42 Å². The molecule has 2 N–H and O–H groups in total. The van der Waals surface area contributed by atoms with Crippen molar-refractivity contribution in [3.05, 3.63) is 24.3 Å². The smallest absolute Gasteiger partial charge is 0.310 e. The molecule has 0 aliphatic rings. The Kier molecular flexibility index (Phi) is 6.92. The van der Waals surface area contributed by atoms with E-state index in [9.17, 15) is 9.59 Å². The third-order valence-corrected chi connectivity index (χ3v) is 1.91. The van der Waals surface area contributed by atoms with Gasteiger partial charge in [-0.25, -0.2) is 0 Å². The second kappa shape index (κ2) is 7.68. The lowest BCUT2D eigenvalue weighted by Crippen LogP contribution is -2.15. The van der Waals surface area contributed by atoms with Gasteiger partial charge in [0, 0.05) is 0 Å². The van der Waals surface area contributed by atoms with E-state index in [1.807, 2.05) is 6.08 Å². The van der Waals surface area contributed by atoms with E-state index >= 15 is 0 Å². The van der Waals surface area contributed by atoms with Crippen LogP contribution in [0, 0.1) is 11.8 Å². The summed E-state index contributed by atoms with van der Waals surface area (Å²) in [5, 5.41) is 17.2. The predicted octanol–water partition coefficient (Wildman–Crippen LogP) is 2.32. The van der Waals surface area contributed by atoms with Gasteiger partial charge in [-0.15, -0.1) is 0 Å². The lowest BCUT2D eigenvalue weighted by Gasteiger charge is -2.02. The number of allylic oxidation sites excluding steroid dienone is 3. The van der Waals surface area contributed by atoms with Crippen LogP contribution in [0.1, 0.15) is 26.7 Å². The van der Waals surface area contributed by atoms with Crippen molar-refractivity contribution in [3.63, 3.8) is 0 Å². The molecule has 0 amide bonds. The molecule has 0 aromatic heterocycles. The fourth-order valence-corrected chi connectivity index (χ4v) is 1.05. The zero-order chi connectivity index (χ0) is 12.6. The molecule has 4 heteroatoms. The van der Waals surface area contributed by atoms with Crippen molar-refractivity contribution in [2.45, 2.75) is 26.7 Å². The molecule has 16 heavy (non-hydrogen) atoms. The summed E-state index contributed by atoms with van der Waals surface area (Å²) in [6.07, 6.45) is 7.20. The first-order chi connectivity index (χ1) is 7.43. The van der Waals surface area contributed by atoms with Crippen LogP contribution in [0.2, 0.25) is 0 Å². The molecular weight excluding hydrogens is 208 g/mol. The number of aliphatic carboxylic acids is 2. The van der Waals surface area contributed by atoms with Gasteiger partial charge < -0.3 is 10.2 Å². The Balaban J connectivity index is 4.18. The summed E-state index contributed by atoms with van der Waals surface area (Å²) in [7, 11) is 0. The first-order valence-electron chi connectivity index (χ1n) is 5.21. The number of carboxylic acid groups (broad SMARTS) is 2. The van der Waals surface area contributed by atoms with Crippen LogP contribution >= 0.6 is 0 Å². The van der Waals surface area contributed by atoms with E-state index in [-0.39, 0.29) is 6.42 Å². The van der Waals surface area contributed by atoms with E-state index in [1.54, 1.807) is 12.2 Å². The molecule has 1 atom stereocenters. The van der Waals surface area contributed by atoms with Crippen molar-refractivity contribution in [2.24, 2.45) is 11.8 Å². The minimum atomic E-state index is -1.11. The summed E-state index contributed by atoms with van der Waals surface area (Å²) in [5.41, 5.74) is 0. The second-order valence-electron chi connectivity index (χ2n) is 3.99. The molecule has 0 saturated carbocycles. The molecule has 90 valence electrons. The molecule has 0 rings (SSSR count). The van der Waals surface area contributed by atoms with Crippen LogP contribution in [0.5, 0.6) is 0 Å². The quantitative estimate of drug-likeness (QED) is 0.653. The van der Waals surface area contributed by atoms with E-state index in [0.29, 0.717) is 5.92 Å². The van der Waals surface area contributed by atoms with Crippen LogP contribution in [0.15, 0.2) is 24.3 Å². The molecule has 0 aromatic carbocycles. The van der Waals surface area contributed by atoms with Crippen molar-refractivity contribution >= 4 is 11.9 Å². The molecule has 0 radical (unpaired) electrons. The number of rotatable bonds is 7. The van der Waals surface area contributed by atoms with Crippen LogP contribution in [-0.2, 0) is 9.59 Å². The second-order valence-corrected chi connectivity index (χ2v) is 3.99. The van der Waals surface area contributed by atoms with Gasteiger partial charge >= 0.3 is 11.9 Å². The van der Waals surface area contributed by atoms with Crippen LogP contribution in [-0.4, -0.2) is 22.2 Å². The maximum absolute atomic E-state index is 10.7. The SMILES string of the molecule is CC(C)CC=CC=CC(CC(=O)O)C(=O)O. The fraction of sp³-hybridized carbons (Fsp3) is 0.500. The van der Waals surface area contributed by atoms with Crippen LogP contribution in [0.25, 0.3) is 0 Å². The average Bonchev–Trinajstić information content (AvgIpc) is 2.14. The maximum atomic E-state index is 10.7. The summed E-state index contributed by atoms with van der Waals surface area (Å²) in [6, 6.07) is 0. The van der Waals surface area contributed by atoms with Crippen molar-refractivity contribution < 1.29 is 19.8 Å². The van der Waals surface area contributed by atoms with E-state index in [1.165, 1.54) is 6.08 Å². The van der Waals surface area contributed by atoms with Crippen molar-refractivity contribution in [1.29, 1.82) is 0 Å². The minimum absolute atomic E-state index is 0.385. The molecular formula is C12H18O4. The summed E-state index contributed by atoms with van der Waals surface area (Å²) in [6.45, 7) is 4.16. The first-order valence-corrected chi connectivity index (χ1v) is 5.21.